The highest BCUT2D eigenvalue weighted by molar-refractivity contribution is 5.80. The van der Waals surface area contributed by atoms with E-state index in [1.165, 1.54) is 12.1 Å². The highest BCUT2D eigenvalue weighted by Gasteiger charge is 2.28. The second kappa shape index (κ2) is 9.64. The number of nitrogens with zero attached hydrogens (tertiary/aromatic N) is 5. The highest BCUT2D eigenvalue weighted by Crippen LogP contribution is 2.25. The van der Waals surface area contributed by atoms with Gasteiger partial charge >= 0.3 is 5.69 Å². The number of aliphatic imine (C=N–C) groups is 1. The molecule has 1 aromatic carbocycles. The van der Waals surface area contributed by atoms with Gasteiger partial charge in [-0.2, -0.15) is 5.10 Å². The third-order valence-electron chi connectivity index (χ3n) is 5.87. The molecule has 2 aliphatic rings. The minimum Gasteiger partial charge on any atom is -0.367 e. The van der Waals surface area contributed by atoms with Crippen molar-refractivity contribution in [3.05, 3.63) is 52.0 Å². The Bertz CT molecular complexity index is 967. The summed E-state index contributed by atoms with van der Waals surface area (Å²) in [5.74, 6) is 1.47. The molecule has 8 nitrogen and oxygen atoms in total. The van der Waals surface area contributed by atoms with Crippen LogP contribution in [0.3, 0.4) is 0 Å². The van der Waals surface area contributed by atoms with Crippen LogP contribution in [-0.4, -0.2) is 58.0 Å². The second-order valence-corrected chi connectivity index (χ2v) is 8.25. The lowest BCUT2D eigenvalue weighted by atomic mass is 10.1. The van der Waals surface area contributed by atoms with Gasteiger partial charge in [-0.15, -0.1) is 0 Å². The fourth-order valence-electron chi connectivity index (χ4n) is 4.34. The van der Waals surface area contributed by atoms with Gasteiger partial charge in [-0.25, -0.2) is 13.9 Å². The molecule has 2 unspecified atom stereocenters. The van der Waals surface area contributed by atoms with Crippen molar-refractivity contribution in [1.29, 1.82) is 0 Å². The van der Waals surface area contributed by atoms with Crippen LogP contribution in [0, 0.1) is 5.82 Å². The molecule has 0 aliphatic carbocycles. The van der Waals surface area contributed by atoms with Gasteiger partial charge in [0.15, 0.2) is 5.96 Å². The summed E-state index contributed by atoms with van der Waals surface area (Å²) in [5.41, 5.74) is 0.958. The zero-order chi connectivity index (χ0) is 21.8. The first kappa shape index (κ1) is 21.5. The van der Waals surface area contributed by atoms with E-state index in [2.05, 4.69) is 20.3 Å². The first-order chi connectivity index (χ1) is 15.0. The maximum atomic E-state index is 13.3. The summed E-state index contributed by atoms with van der Waals surface area (Å²) in [7, 11) is 1.77. The van der Waals surface area contributed by atoms with Crippen LogP contribution in [0.2, 0.25) is 0 Å². The SMILES string of the molecule is CN=C(NCCCn1nc2n(c1=O)CCCC2)N1CC(C)OC(c2ccc(F)cc2)C1. The Kier molecular flexibility index (Phi) is 6.70. The predicted octanol–water partition coefficient (Wildman–Crippen LogP) is 1.95. The van der Waals surface area contributed by atoms with Crippen LogP contribution in [0.1, 0.15) is 43.7 Å². The summed E-state index contributed by atoms with van der Waals surface area (Å²) in [6.07, 6.45) is 3.70. The molecule has 1 saturated heterocycles. The molecule has 3 heterocycles. The van der Waals surface area contributed by atoms with Crippen LogP contribution in [0.15, 0.2) is 34.1 Å². The molecular weight excluding hydrogens is 399 g/mol. The molecule has 31 heavy (non-hydrogen) atoms. The number of benzene rings is 1. The zero-order valence-electron chi connectivity index (χ0n) is 18.3. The van der Waals surface area contributed by atoms with Crippen LogP contribution < -0.4 is 11.0 Å². The number of ether oxygens (including phenoxy) is 1. The van der Waals surface area contributed by atoms with Crippen molar-refractivity contribution in [2.75, 3.05) is 26.7 Å². The smallest absolute Gasteiger partial charge is 0.345 e. The van der Waals surface area contributed by atoms with E-state index in [0.717, 1.165) is 56.1 Å². The number of morpholine rings is 1. The fraction of sp³-hybridized carbons (Fsp3) is 0.591. The van der Waals surface area contributed by atoms with Gasteiger partial charge in [-0.1, -0.05) is 12.1 Å². The molecule has 0 amide bonds. The standard InChI is InChI=1S/C22H31FN6O2/c1-16-14-27(15-19(31-16)17-7-9-18(23)10-8-17)21(24-2)25-11-5-13-29-22(30)28-12-4-3-6-20(28)26-29/h7-10,16,19H,3-6,11-15H2,1-2H3,(H,24,25). The van der Waals surface area contributed by atoms with Crippen molar-refractivity contribution in [2.45, 2.75) is 57.9 Å². The van der Waals surface area contributed by atoms with Gasteiger partial charge in [-0.05, 0) is 43.9 Å². The monoisotopic (exact) mass is 430 g/mol. The average Bonchev–Trinajstić information content (AvgIpc) is 3.09. The van der Waals surface area contributed by atoms with Gasteiger partial charge in [-0.3, -0.25) is 9.56 Å². The lowest BCUT2D eigenvalue weighted by Gasteiger charge is -2.38. The van der Waals surface area contributed by atoms with Crippen molar-refractivity contribution < 1.29 is 9.13 Å². The second-order valence-electron chi connectivity index (χ2n) is 8.25. The normalized spacial score (nSPS) is 21.8. The van der Waals surface area contributed by atoms with Crippen molar-refractivity contribution in [2.24, 2.45) is 4.99 Å². The molecule has 0 radical (unpaired) electrons. The zero-order valence-corrected chi connectivity index (χ0v) is 18.3. The van der Waals surface area contributed by atoms with Crippen LogP contribution in [0.25, 0.3) is 0 Å². The van der Waals surface area contributed by atoms with E-state index in [1.807, 2.05) is 6.92 Å². The summed E-state index contributed by atoms with van der Waals surface area (Å²) in [6.45, 7) is 5.45. The minimum absolute atomic E-state index is 0.00299. The Hall–Kier alpha value is -2.68. The van der Waals surface area contributed by atoms with E-state index in [0.29, 0.717) is 19.6 Å². The Morgan fingerprint density at radius 3 is 2.84 bits per heavy atom. The quantitative estimate of drug-likeness (QED) is 0.446. The molecule has 1 N–H and O–H groups in total. The molecule has 0 saturated carbocycles. The number of hydrogen-bond donors (Lipinski definition) is 1. The number of aryl methyl sites for hydroxylation is 2. The average molecular weight is 431 g/mol. The number of nitrogens with one attached hydrogen (secondary N) is 1. The summed E-state index contributed by atoms with van der Waals surface area (Å²) in [4.78, 5) is 19.0. The molecule has 1 aromatic heterocycles. The van der Waals surface area contributed by atoms with E-state index in [-0.39, 0.29) is 23.7 Å². The van der Waals surface area contributed by atoms with Gasteiger partial charge in [0.2, 0.25) is 0 Å². The molecule has 1 fully saturated rings. The van der Waals surface area contributed by atoms with Crippen LogP contribution in [-0.2, 0) is 24.2 Å². The molecule has 2 atom stereocenters. The van der Waals surface area contributed by atoms with E-state index < -0.39 is 0 Å². The number of rotatable bonds is 5. The molecular formula is C22H31FN6O2. The highest BCUT2D eigenvalue weighted by atomic mass is 19.1. The summed E-state index contributed by atoms with van der Waals surface area (Å²) in [6, 6.07) is 6.47. The molecule has 0 spiro atoms. The van der Waals surface area contributed by atoms with Gasteiger partial charge in [0, 0.05) is 39.6 Å². The van der Waals surface area contributed by atoms with Crippen molar-refractivity contribution in [3.8, 4) is 0 Å². The van der Waals surface area contributed by atoms with Gasteiger partial charge in [0.1, 0.15) is 17.7 Å². The first-order valence-corrected chi connectivity index (χ1v) is 11.1. The maximum Gasteiger partial charge on any atom is 0.345 e. The van der Waals surface area contributed by atoms with Crippen molar-refractivity contribution in [3.63, 3.8) is 0 Å². The Morgan fingerprint density at radius 1 is 1.29 bits per heavy atom. The van der Waals surface area contributed by atoms with E-state index in [9.17, 15) is 9.18 Å². The maximum absolute atomic E-state index is 13.3. The number of halogens is 1. The fourth-order valence-corrected chi connectivity index (χ4v) is 4.34. The lowest BCUT2D eigenvalue weighted by molar-refractivity contribution is -0.0605. The Labute approximate surface area is 181 Å². The third kappa shape index (κ3) is 4.98. The molecule has 168 valence electrons. The topological polar surface area (TPSA) is 76.7 Å². The van der Waals surface area contributed by atoms with Crippen molar-refractivity contribution in [1.82, 2.24) is 24.6 Å². The number of hydrogen-bond acceptors (Lipinski definition) is 4. The molecule has 4 rings (SSSR count). The van der Waals surface area contributed by atoms with E-state index >= 15 is 0 Å². The summed E-state index contributed by atoms with van der Waals surface area (Å²) < 4.78 is 22.7. The number of guanidine groups is 1. The third-order valence-corrected chi connectivity index (χ3v) is 5.87. The largest absolute Gasteiger partial charge is 0.367 e. The van der Waals surface area contributed by atoms with Gasteiger partial charge in [0.05, 0.1) is 12.6 Å². The van der Waals surface area contributed by atoms with Crippen LogP contribution in [0.4, 0.5) is 4.39 Å². The van der Waals surface area contributed by atoms with Crippen molar-refractivity contribution >= 4 is 5.96 Å². The number of fused-ring (bicyclic) bond motifs is 1. The first-order valence-electron chi connectivity index (χ1n) is 11.1. The lowest BCUT2D eigenvalue weighted by Crippen LogP contribution is -2.51. The van der Waals surface area contributed by atoms with E-state index in [4.69, 9.17) is 4.74 Å². The summed E-state index contributed by atoms with van der Waals surface area (Å²) in [5, 5.41) is 7.89. The minimum atomic E-state index is -0.250. The molecule has 2 aliphatic heterocycles. The summed E-state index contributed by atoms with van der Waals surface area (Å²) >= 11 is 0. The Morgan fingerprint density at radius 2 is 2.10 bits per heavy atom. The van der Waals surface area contributed by atoms with Crippen LogP contribution >= 0.6 is 0 Å². The number of aromatic nitrogens is 3. The van der Waals surface area contributed by atoms with E-state index in [1.54, 1.807) is 28.4 Å². The Balaban J connectivity index is 1.32. The van der Waals surface area contributed by atoms with Gasteiger partial charge in [0.25, 0.3) is 0 Å². The van der Waals surface area contributed by atoms with Crippen LogP contribution in [0.5, 0.6) is 0 Å². The predicted molar refractivity (Wildman–Crippen MR) is 117 cm³/mol. The molecule has 0 bridgehead atoms. The van der Waals surface area contributed by atoms with Gasteiger partial charge < -0.3 is 15.0 Å². The molecule has 9 heteroatoms. The molecule has 2 aromatic rings.